The van der Waals surface area contributed by atoms with Crippen LogP contribution in [-0.2, 0) is 4.74 Å². The maximum absolute atomic E-state index is 5.69. The highest BCUT2D eigenvalue weighted by Gasteiger charge is 2.16. The average Bonchev–Trinajstić information content (AvgIpc) is 2.65. The molecular weight excluding hydrogens is 176 g/mol. The lowest BCUT2D eigenvalue weighted by atomic mass is 10.1. The number of nitrogens with two attached hydrogens (primary N) is 1. The molecule has 1 heterocycles. The molecule has 1 aliphatic rings. The number of hydrogen-bond donors (Lipinski definition) is 1. The van der Waals surface area contributed by atoms with Gasteiger partial charge in [0.15, 0.2) is 0 Å². The number of ether oxygens (including phenoxy) is 1. The van der Waals surface area contributed by atoms with Crippen molar-refractivity contribution in [3.05, 3.63) is 0 Å². The smallest absolute Gasteiger partial charge is 0.0748 e. The van der Waals surface area contributed by atoms with Gasteiger partial charge in [-0.2, -0.15) is 0 Å². The minimum Gasteiger partial charge on any atom is -0.374 e. The lowest BCUT2D eigenvalue weighted by Gasteiger charge is -2.24. The predicted molar refractivity (Wildman–Crippen MR) is 59.4 cm³/mol. The molecule has 0 aromatic heterocycles. The zero-order valence-corrected chi connectivity index (χ0v) is 9.59. The van der Waals surface area contributed by atoms with Crippen LogP contribution in [0.1, 0.15) is 33.1 Å². The molecule has 0 saturated carbocycles. The van der Waals surface area contributed by atoms with Crippen molar-refractivity contribution < 1.29 is 4.74 Å². The van der Waals surface area contributed by atoms with E-state index in [4.69, 9.17) is 10.5 Å². The van der Waals surface area contributed by atoms with E-state index in [-0.39, 0.29) is 5.60 Å². The van der Waals surface area contributed by atoms with Crippen LogP contribution in [-0.4, -0.2) is 43.3 Å². The summed E-state index contributed by atoms with van der Waals surface area (Å²) >= 11 is 0. The van der Waals surface area contributed by atoms with Crippen LogP contribution in [0.5, 0.6) is 0 Å². The van der Waals surface area contributed by atoms with Crippen molar-refractivity contribution in [2.75, 3.05) is 32.8 Å². The van der Waals surface area contributed by atoms with Crippen molar-refractivity contribution in [1.82, 2.24) is 4.90 Å². The summed E-state index contributed by atoms with van der Waals surface area (Å²) in [6.45, 7) is 9.25. The van der Waals surface area contributed by atoms with E-state index in [0.717, 1.165) is 13.0 Å². The third-order valence-corrected chi connectivity index (χ3v) is 2.80. The van der Waals surface area contributed by atoms with Crippen LogP contribution in [0, 0.1) is 0 Å². The number of hydrogen-bond acceptors (Lipinski definition) is 3. The van der Waals surface area contributed by atoms with Gasteiger partial charge in [0.05, 0.1) is 5.60 Å². The van der Waals surface area contributed by atoms with Gasteiger partial charge in [0.1, 0.15) is 0 Å². The van der Waals surface area contributed by atoms with Gasteiger partial charge in [-0.3, -0.25) is 0 Å². The Morgan fingerprint density at radius 3 is 2.50 bits per heavy atom. The Kier molecular flexibility index (Phi) is 4.85. The van der Waals surface area contributed by atoms with Gasteiger partial charge in [-0.25, -0.2) is 0 Å². The third kappa shape index (κ3) is 4.40. The Labute approximate surface area is 87.6 Å². The molecule has 0 amide bonds. The second-order valence-electron chi connectivity index (χ2n) is 4.71. The molecule has 0 aromatic rings. The maximum atomic E-state index is 5.69. The molecule has 0 aromatic carbocycles. The molecule has 0 spiro atoms. The highest BCUT2D eigenvalue weighted by Crippen LogP contribution is 2.09. The van der Waals surface area contributed by atoms with E-state index < -0.39 is 0 Å². The van der Waals surface area contributed by atoms with Gasteiger partial charge in [0, 0.05) is 19.7 Å². The predicted octanol–water partition coefficient (Wildman–Crippen LogP) is 1.23. The lowest BCUT2D eigenvalue weighted by Crippen LogP contribution is -2.35. The summed E-state index contributed by atoms with van der Waals surface area (Å²) in [5, 5.41) is 0. The van der Waals surface area contributed by atoms with Crippen molar-refractivity contribution in [3.8, 4) is 0 Å². The van der Waals surface area contributed by atoms with Crippen molar-refractivity contribution in [2.45, 2.75) is 38.7 Å². The quantitative estimate of drug-likeness (QED) is 0.655. The second kappa shape index (κ2) is 5.69. The summed E-state index contributed by atoms with van der Waals surface area (Å²) in [5.74, 6) is 0. The zero-order valence-electron chi connectivity index (χ0n) is 9.59. The second-order valence-corrected chi connectivity index (χ2v) is 4.71. The van der Waals surface area contributed by atoms with Crippen LogP contribution in [0.25, 0.3) is 0 Å². The lowest BCUT2D eigenvalue weighted by molar-refractivity contribution is -0.0136. The molecule has 1 rings (SSSR count). The molecule has 2 N–H and O–H groups in total. The van der Waals surface area contributed by atoms with Crippen LogP contribution < -0.4 is 5.73 Å². The fraction of sp³-hybridized carbons (Fsp3) is 1.00. The first-order valence-corrected chi connectivity index (χ1v) is 5.70. The molecule has 14 heavy (non-hydrogen) atoms. The normalized spacial score (nSPS) is 19.1. The van der Waals surface area contributed by atoms with Crippen LogP contribution >= 0.6 is 0 Å². The maximum Gasteiger partial charge on any atom is 0.0748 e. The molecule has 84 valence electrons. The van der Waals surface area contributed by atoms with E-state index in [1.54, 1.807) is 0 Å². The molecule has 0 radical (unpaired) electrons. The molecule has 1 saturated heterocycles. The number of likely N-dealkylation sites (tertiary alicyclic amines) is 1. The standard InChI is InChI=1S/C11H24N2O/c1-11(2,10-12)14-9-5-8-13-6-3-4-7-13/h3-10,12H2,1-2H3. The van der Waals surface area contributed by atoms with Crippen molar-refractivity contribution in [2.24, 2.45) is 5.73 Å². The highest BCUT2D eigenvalue weighted by molar-refractivity contribution is 4.69. The SMILES string of the molecule is CC(C)(CN)OCCCN1CCCC1. The third-order valence-electron chi connectivity index (χ3n) is 2.80. The Bertz CT molecular complexity index is 153. The van der Waals surface area contributed by atoms with E-state index in [9.17, 15) is 0 Å². The molecule has 3 heteroatoms. The van der Waals surface area contributed by atoms with E-state index in [1.165, 1.54) is 32.5 Å². The molecule has 0 bridgehead atoms. The Balaban J connectivity index is 1.98. The van der Waals surface area contributed by atoms with Gasteiger partial charge in [-0.15, -0.1) is 0 Å². The molecule has 1 aliphatic heterocycles. The minimum atomic E-state index is -0.148. The van der Waals surface area contributed by atoms with E-state index in [0.29, 0.717) is 6.54 Å². The van der Waals surface area contributed by atoms with Crippen molar-refractivity contribution >= 4 is 0 Å². The van der Waals surface area contributed by atoms with Gasteiger partial charge in [-0.1, -0.05) is 0 Å². The highest BCUT2D eigenvalue weighted by atomic mass is 16.5. The van der Waals surface area contributed by atoms with Gasteiger partial charge in [-0.05, 0) is 46.2 Å². The van der Waals surface area contributed by atoms with Crippen LogP contribution in [0.15, 0.2) is 0 Å². The van der Waals surface area contributed by atoms with E-state index in [2.05, 4.69) is 4.90 Å². The minimum absolute atomic E-state index is 0.148. The molecular formula is C11H24N2O. The number of rotatable bonds is 6. The van der Waals surface area contributed by atoms with Gasteiger partial charge < -0.3 is 15.4 Å². The van der Waals surface area contributed by atoms with Crippen LogP contribution in [0.4, 0.5) is 0 Å². The molecule has 0 unspecified atom stereocenters. The van der Waals surface area contributed by atoms with Crippen LogP contribution in [0.2, 0.25) is 0 Å². The first-order chi connectivity index (χ1) is 6.64. The Morgan fingerprint density at radius 1 is 1.29 bits per heavy atom. The topological polar surface area (TPSA) is 38.5 Å². The van der Waals surface area contributed by atoms with Crippen molar-refractivity contribution in [1.29, 1.82) is 0 Å². The van der Waals surface area contributed by atoms with E-state index in [1.807, 2.05) is 13.8 Å². The summed E-state index contributed by atoms with van der Waals surface area (Å²) in [6, 6.07) is 0. The van der Waals surface area contributed by atoms with Gasteiger partial charge in [0.2, 0.25) is 0 Å². The first kappa shape index (κ1) is 12.0. The summed E-state index contributed by atoms with van der Waals surface area (Å²) in [4.78, 5) is 2.51. The molecule has 0 aliphatic carbocycles. The molecule has 1 fully saturated rings. The van der Waals surface area contributed by atoms with Gasteiger partial charge in [0.25, 0.3) is 0 Å². The Morgan fingerprint density at radius 2 is 1.93 bits per heavy atom. The summed E-state index contributed by atoms with van der Waals surface area (Å²) < 4.78 is 5.69. The average molecular weight is 200 g/mol. The summed E-state index contributed by atoms with van der Waals surface area (Å²) in [5.41, 5.74) is 5.43. The van der Waals surface area contributed by atoms with E-state index >= 15 is 0 Å². The van der Waals surface area contributed by atoms with Crippen LogP contribution in [0.3, 0.4) is 0 Å². The fourth-order valence-corrected chi connectivity index (χ4v) is 1.70. The fourth-order valence-electron chi connectivity index (χ4n) is 1.70. The monoisotopic (exact) mass is 200 g/mol. The largest absolute Gasteiger partial charge is 0.374 e. The molecule has 3 nitrogen and oxygen atoms in total. The van der Waals surface area contributed by atoms with Gasteiger partial charge >= 0.3 is 0 Å². The zero-order chi connectivity index (χ0) is 10.4. The summed E-state index contributed by atoms with van der Waals surface area (Å²) in [7, 11) is 0. The first-order valence-electron chi connectivity index (χ1n) is 5.70. The van der Waals surface area contributed by atoms with Crippen molar-refractivity contribution in [3.63, 3.8) is 0 Å². The number of nitrogens with zero attached hydrogens (tertiary/aromatic N) is 1. The Hall–Kier alpha value is -0.120. The summed E-state index contributed by atoms with van der Waals surface area (Å²) in [6.07, 6.45) is 3.87. The molecule has 0 atom stereocenters.